The summed E-state index contributed by atoms with van der Waals surface area (Å²) in [6.45, 7) is 4.29. The van der Waals surface area contributed by atoms with E-state index in [1.54, 1.807) is 12.1 Å². The maximum Gasteiger partial charge on any atom is 0.248 e. The lowest BCUT2D eigenvalue weighted by molar-refractivity contribution is 0.0999. The van der Waals surface area contributed by atoms with Crippen LogP contribution in [0, 0.1) is 0 Å². The summed E-state index contributed by atoms with van der Waals surface area (Å²) in [5.41, 5.74) is 8.26. The minimum Gasteiger partial charge on any atom is -0.366 e. The summed E-state index contributed by atoms with van der Waals surface area (Å²) in [6, 6.07) is 3.55. The third kappa shape index (κ3) is 3.74. The second-order valence-electron chi connectivity index (χ2n) is 4.62. The molecule has 0 aliphatic carbocycles. The number of unbranched alkanes of at least 4 members (excludes halogenated alkanes) is 2. The lowest BCUT2D eigenvalue weighted by Crippen LogP contribution is -2.15. The van der Waals surface area contributed by atoms with Crippen molar-refractivity contribution in [3.63, 3.8) is 0 Å². The van der Waals surface area contributed by atoms with Crippen LogP contribution < -0.4 is 5.73 Å². The highest BCUT2D eigenvalue weighted by Gasteiger charge is 2.14. The van der Waals surface area contributed by atoms with E-state index in [-0.39, 0.29) is 5.91 Å². The number of primary amides is 1. The summed E-state index contributed by atoms with van der Waals surface area (Å²) in [7, 11) is 0. The molecule has 1 rings (SSSR count). The predicted octanol–water partition coefficient (Wildman–Crippen LogP) is 4.12. The fourth-order valence-corrected chi connectivity index (χ4v) is 2.43. The summed E-state index contributed by atoms with van der Waals surface area (Å²) in [5, 5.41) is 0.763. The van der Waals surface area contributed by atoms with Crippen molar-refractivity contribution in [2.45, 2.75) is 52.4 Å². The summed E-state index contributed by atoms with van der Waals surface area (Å²) < 4.78 is 0. The number of nitrogens with two attached hydrogens (primary N) is 1. The molecule has 0 aliphatic rings. The highest BCUT2D eigenvalue weighted by Crippen LogP contribution is 2.27. The van der Waals surface area contributed by atoms with Crippen molar-refractivity contribution in [2.75, 3.05) is 0 Å². The largest absolute Gasteiger partial charge is 0.366 e. The van der Waals surface area contributed by atoms with Crippen LogP contribution in [0.3, 0.4) is 0 Å². The second kappa shape index (κ2) is 7.42. The fourth-order valence-electron chi connectivity index (χ4n) is 2.16. The van der Waals surface area contributed by atoms with Crippen LogP contribution in [-0.4, -0.2) is 5.91 Å². The number of hydrogen-bond acceptors (Lipinski definition) is 1. The van der Waals surface area contributed by atoms with Crippen LogP contribution in [0.1, 0.15) is 61.0 Å². The van der Waals surface area contributed by atoms with Gasteiger partial charge in [-0.15, -0.1) is 0 Å². The number of halogens is 1. The quantitative estimate of drug-likeness (QED) is 0.793. The molecule has 1 amide bonds. The van der Waals surface area contributed by atoms with Crippen molar-refractivity contribution in [3.8, 4) is 0 Å². The Hall–Kier alpha value is -1.02. The molecule has 1 aromatic rings. The van der Waals surface area contributed by atoms with Crippen molar-refractivity contribution in [1.29, 1.82) is 0 Å². The fraction of sp³-hybridized carbons (Fsp3) is 0.533. The first kappa shape index (κ1) is 15.0. The monoisotopic (exact) mass is 267 g/mol. The molecule has 0 atom stereocenters. The zero-order valence-electron chi connectivity index (χ0n) is 11.3. The zero-order valence-corrected chi connectivity index (χ0v) is 12.0. The average molecular weight is 268 g/mol. The molecule has 0 spiro atoms. The molecule has 2 N–H and O–H groups in total. The van der Waals surface area contributed by atoms with Gasteiger partial charge in [0.05, 0.1) is 0 Å². The van der Waals surface area contributed by atoms with Crippen molar-refractivity contribution in [3.05, 3.63) is 33.8 Å². The molecule has 1 aromatic carbocycles. The number of hydrogen-bond donors (Lipinski definition) is 1. The topological polar surface area (TPSA) is 43.1 Å². The molecule has 0 aliphatic heterocycles. The maximum absolute atomic E-state index is 11.5. The molecule has 0 saturated heterocycles. The van der Waals surface area contributed by atoms with Gasteiger partial charge in [-0.25, -0.2) is 0 Å². The first-order valence-electron chi connectivity index (χ1n) is 6.71. The smallest absolute Gasteiger partial charge is 0.248 e. The normalized spacial score (nSPS) is 10.6. The molecular formula is C15H22ClNO. The van der Waals surface area contributed by atoms with Crippen molar-refractivity contribution < 1.29 is 4.79 Å². The Balaban J connectivity index is 3.16. The van der Waals surface area contributed by atoms with Crippen molar-refractivity contribution >= 4 is 17.5 Å². The van der Waals surface area contributed by atoms with Gasteiger partial charge in [0.15, 0.2) is 0 Å². The first-order valence-corrected chi connectivity index (χ1v) is 7.09. The standard InChI is InChI=1S/C15H22ClNO/c1-3-5-7-11-12(8-6-4-2)14(16)10-9-13(11)15(17)18/h9-10H,3-8H2,1-2H3,(H2,17,18). The van der Waals surface area contributed by atoms with E-state index in [0.29, 0.717) is 5.56 Å². The third-order valence-corrected chi connectivity index (χ3v) is 3.55. The van der Waals surface area contributed by atoms with E-state index in [1.807, 2.05) is 0 Å². The lowest BCUT2D eigenvalue weighted by Gasteiger charge is -2.14. The van der Waals surface area contributed by atoms with E-state index in [1.165, 1.54) is 0 Å². The predicted molar refractivity (Wildman–Crippen MR) is 77.2 cm³/mol. The van der Waals surface area contributed by atoms with Crippen LogP contribution in [0.4, 0.5) is 0 Å². The summed E-state index contributed by atoms with van der Waals surface area (Å²) >= 11 is 6.27. The van der Waals surface area contributed by atoms with Gasteiger partial charge in [0, 0.05) is 10.6 Å². The van der Waals surface area contributed by atoms with Crippen LogP contribution in [0.15, 0.2) is 12.1 Å². The van der Waals surface area contributed by atoms with E-state index in [4.69, 9.17) is 17.3 Å². The van der Waals surface area contributed by atoms with Crippen LogP contribution >= 0.6 is 11.6 Å². The van der Waals surface area contributed by atoms with Gasteiger partial charge in [0.1, 0.15) is 0 Å². The molecule has 0 bridgehead atoms. The molecule has 2 nitrogen and oxygen atoms in total. The van der Waals surface area contributed by atoms with Gasteiger partial charge in [0.2, 0.25) is 5.91 Å². The second-order valence-corrected chi connectivity index (χ2v) is 5.03. The molecule has 0 unspecified atom stereocenters. The van der Waals surface area contributed by atoms with Gasteiger partial charge in [-0.2, -0.15) is 0 Å². The van der Waals surface area contributed by atoms with E-state index < -0.39 is 0 Å². The minimum absolute atomic E-state index is 0.351. The highest BCUT2D eigenvalue weighted by molar-refractivity contribution is 6.31. The third-order valence-electron chi connectivity index (χ3n) is 3.20. The minimum atomic E-state index is -0.351. The van der Waals surface area contributed by atoms with Crippen molar-refractivity contribution in [2.24, 2.45) is 5.73 Å². The van der Waals surface area contributed by atoms with Crippen molar-refractivity contribution in [1.82, 2.24) is 0 Å². The molecule has 0 saturated carbocycles. The van der Waals surface area contributed by atoms with E-state index in [2.05, 4.69) is 13.8 Å². The zero-order chi connectivity index (χ0) is 13.5. The SMILES string of the molecule is CCCCc1c(Cl)ccc(C(N)=O)c1CCCC. The number of benzene rings is 1. The van der Waals surface area contributed by atoms with Gasteiger partial charge >= 0.3 is 0 Å². The Bertz CT molecular complexity index is 415. The van der Waals surface area contributed by atoms with E-state index in [9.17, 15) is 4.79 Å². The Morgan fingerprint density at radius 3 is 2.17 bits per heavy atom. The van der Waals surface area contributed by atoms with Gasteiger partial charge in [-0.1, -0.05) is 38.3 Å². The van der Waals surface area contributed by atoms with Crippen LogP contribution in [0.5, 0.6) is 0 Å². The molecular weight excluding hydrogens is 246 g/mol. The van der Waals surface area contributed by atoms with Crippen LogP contribution in [0.25, 0.3) is 0 Å². The molecule has 0 heterocycles. The van der Waals surface area contributed by atoms with Gasteiger partial charge in [0.25, 0.3) is 0 Å². The number of carbonyl (C=O) groups is 1. The van der Waals surface area contributed by atoms with E-state index >= 15 is 0 Å². The number of amides is 1. The summed E-state index contributed by atoms with van der Waals surface area (Å²) in [5.74, 6) is -0.351. The average Bonchev–Trinajstić information content (AvgIpc) is 2.34. The molecule has 0 fully saturated rings. The Kier molecular flexibility index (Phi) is 6.20. The number of carbonyl (C=O) groups excluding carboxylic acids is 1. The van der Waals surface area contributed by atoms with Gasteiger partial charge in [-0.3, -0.25) is 4.79 Å². The Morgan fingerprint density at radius 2 is 1.67 bits per heavy atom. The Morgan fingerprint density at radius 1 is 1.11 bits per heavy atom. The van der Waals surface area contributed by atoms with Crippen LogP contribution in [0.2, 0.25) is 5.02 Å². The van der Waals surface area contributed by atoms with Crippen LogP contribution in [-0.2, 0) is 12.8 Å². The van der Waals surface area contributed by atoms with Gasteiger partial charge in [-0.05, 0) is 48.9 Å². The molecule has 18 heavy (non-hydrogen) atoms. The highest BCUT2D eigenvalue weighted by atomic mass is 35.5. The molecule has 3 heteroatoms. The molecule has 0 aromatic heterocycles. The summed E-state index contributed by atoms with van der Waals surface area (Å²) in [4.78, 5) is 11.5. The van der Waals surface area contributed by atoms with Gasteiger partial charge < -0.3 is 5.73 Å². The Labute approximate surface area is 115 Å². The maximum atomic E-state index is 11.5. The first-order chi connectivity index (χ1) is 8.61. The lowest BCUT2D eigenvalue weighted by atomic mass is 9.93. The molecule has 100 valence electrons. The van der Waals surface area contributed by atoms with E-state index in [0.717, 1.165) is 54.7 Å². The molecule has 0 radical (unpaired) electrons. The summed E-state index contributed by atoms with van der Waals surface area (Å²) in [6.07, 6.45) is 6.16. The number of rotatable bonds is 7.